The van der Waals surface area contributed by atoms with Gasteiger partial charge in [0.1, 0.15) is 0 Å². The Bertz CT molecular complexity index is 449. The van der Waals surface area contributed by atoms with Crippen molar-refractivity contribution in [3.05, 3.63) is 35.4 Å². The van der Waals surface area contributed by atoms with Crippen LogP contribution in [0.5, 0.6) is 0 Å². The van der Waals surface area contributed by atoms with E-state index >= 15 is 0 Å². The summed E-state index contributed by atoms with van der Waals surface area (Å²) >= 11 is 0. The summed E-state index contributed by atoms with van der Waals surface area (Å²) in [5.41, 5.74) is 7.51. The van der Waals surface area contributed by atoms with Crippen molar-refractivity contribution in [3.63, 3.8) is 0 Å². The molecule has 2 nitrogen and oxygen atoms in total. The van der Waals surface area contributed by atoms with Gasteiger partial charge in [-0.15, -0.1) is 0 Å². The molecule has 0 bridgehead atoms. The van der Waals surface area contributed by atoms with E-state index in [0.717, 1.165) is 29.7 Å². The zero-order chi connectivity index (χ0) is 13.8. The summed E-state index contributed by atoms with van der Waals surface area (Å²) in [5.74, 6) is 2.69. The molecule has 0 saturated heterocycles. The van der Waals surface area contributed by atoms with E-state index in [1.165, 1.54) is 24.8 Å². The fourth-order valence-electron chi connectivity index (χ4n) is 3.13. The lowest BCUT2D eigenvalue weighted by Crippen LogP contribution is -2.11. The second-order valence-corrected chi connectivity index (χ2v) is 5.91. The van der Waals surface area contributed by atoms with Crippen LogP contribution in [0.2, 0.25) is 0 Å². The molecule has 0 heterocycles. The quantitative estimate of drug-likeness (QED) is 0.874. The van der Waals surface area contributed by atoms with E-state index in [4.69, 9.17) is 11.0 Å². The molecule has 0 amide bonds. The van der Waals surface area contributed by atoms with E-state index in [-0.39, 0.29) is 0 Å². The molecule has 102 valence electrons. The Hall–Kier alpha value is -1.33. The molecule has 0 aliphatic heterocycles. The predicted octanol–water partition coefficient (Wildman–Crippen LogP) is 3.82. The highest BCUT2D eigenvalue weighted by Gasteiger charge is 2.52. The van der Waals surface area contributed by atoms with E-state index in [0.29, 0.717) is 6.04 Å². The van der Waals surface area contributed by atoms with Crippen LogP contribution < -0.4 is 5.73 Å². The smallest absolute Gasteiger partial charge is 0.0991 e. The van der Waals surface area contributed by atoms with Crippen LogP contribution in [0.4, 0.5) is 0 Å². The molecule has 3 atom stereocenters. The maximum atomic E-state index is 8.82. The normalized spacial score (nSPS) is 28.6. The first-order chi connectivity index (χ1) is 9.17. The molecule has 2 fully saturated rings. The first-order valence-electron chi connectivity index (χ1n) is 7.43. The van der Waals surface area contributed by atoms with Crippen LogP contribution >= 0.6 is 0 Å². The van der Waals surface area contributed by atoms with E-state index < -0.39 is 0 Å². The van der Waals surface area contributed by atoms with Gasteiger partial charge in [0.05, 0.1) is 11.6 Å². The topological polar surface area (TPSA) is 49.8 Å². The summed E-state index contributed by atoms with van der Waals surface area (Å²) < 4.78 is 0. The monoisotopic (exact) mass is 256 g/mol. The van der Waals surface area contributed by atoms with Crippen LogP contribution in [-0.4, -0.2) is 6.04 Å². The third-order valence-electron chi connectivity index (χ3n) is 4.45. The largest absolute Gasteiger partial charge is 0.328 e. The van der Waals surface area contributed by atoms with Gasteiger partial charge >= 0.3 is 0 Å². The molecule has 2 heteroatoms. The highest BCUT2D eigenvalue weighted by Crippen LogP contribution is 2.63. The summed E-state index contributed by atoms with van der Waals surface area (Å²) in [5, 5.41) is 8.82. The molecule has 2 aliphatic carbocycles. The fraction of sp³-hybridized carbons (Fsp3) is 0.588. The van der Waals surface area contributed by atoms with Crippen molar-refractivity contribution in [2.75, 3.05) is 0 Å². The standard InChI is InChI=1S/C13H13N.C4H11N/c14-8-9-3-1-4-10(7-9)13-11-5-2-6-12(11)13;1-3-4(2)5/h1,3-4,7,11-13H,2,5-6H2;4H,3,5H2,1-2H3. The zero-order valence-electron chi connectivity index (χ0n) is 12.0. The van der Waals surface area contributed by atoms with Crippen LogP contribution in [0.25, 0.3) is 0 Å². The minimum absolute atomic E-state index is 0.384. The van der Waals surface area contributed by atoms with Gasteiger partial charge in [0, 0.05) is 6.04 Å². The maximum Gasteiger partial charge on any atom is 0.0991 e. The van der Waals surface area contributed by atoms with Crippen molar-refractivity contribution in [3.8, 4) is 6.07 Å². The summed E-state index contributed by atoms with van der Waals surface area (Å²) in [7, 11) is 0. The third-order valence-corrected chi connectivity index (χ3v) is 4.45. The van der Waals surface area contributed by atoms with Gasteiger partial charge in [-0.3, -0.25) is 0 Å². The fourth-order valence-corrected chi connectivity index (χ4v) is 3.13. The number of nitrogens with zero attached hydrogens (tertiary/aromatic N) is 1. The van der Waals surface area contributed by atoms with E-state index in [9.17, 15) is 0 Å². The lowest BCUT2D eigenvalue weighted by Gasteiger charge is -2.03. The van der Waals surface area contributed by atoms with Crippen molar-refractivity contribution in [1.29, 1.82) is 5.26 Å². The summed E-state index contributed by atoms with van der Waals surface area (Å²) in [6.45, 7) is 4.07. The Morgan fingerprint density at radius 2 is 2.00 bits per heavy atom. The van der Waals surface area contributed by atoms with Crippen molar-refractivity contribution < 1.29 is 0 Å². The van der Waals surface area contributed by atoms with Gasteiger partial charge in [-0.25, -0.2) is 0 Å². The first-order valence-corrected chi connectivity index (χ1v) is 7.43. The highest BCUT2D eigenvalue weighted by atomic mass is 14.6. The molecular weight excluding hydrogens is 232 g/mol. The van der Waals surface area contributed by atoms with Gasteiger partial charge in [-0.2, -0.15) is 5.26 Å². The molecule has 2 aliphatic rings. The minimum atomic E-state index is 0.384. The molecule has 0 radical (unpaired) electrons. The van der Waals surface area contributed by atoms with Crippen LogP contribution in [-0.2, 0) is 0 Å². The molecule has 0 aromatic heterocycles. The molecule has 1 aromatic carbocycles. The van der Waals surface area contributed by atoms with Gasteiger partial charge in [0.2, 0.25) is 0 Å². The molecule has 2 saturated carbocycles. The average Bonchev–Trinajstić information content (AvgIpc) is 2.92. The van der Waals surface area contributed by atoms with Crippen LogP contribution in [0.15, 0.2) is 24.3 Å². The Morgan fingerprint density at radius 1 is 1.37 bits per heavy atom. The molecule has 3 rings (SSSR count). The van der Waals surface area contributed by atoms with Crippen molar-refractivity contribution in [1.82, 2.24) is 0 Å². The van der Waals surface area contributed by atoms with Crippen molar-refractivity contribution in [2.24, 2.45) is 17.6 Å². The number of rotatable bonds is 2. The van der Waals surface area contributed by atoms with E-state index in [1.807, 2.05) is 19.1 Å². The van der Waals surface area contributed by atoms with Gasteiger partial charge in [-0.1, -0.05) is 25.5 Å². The van der Waals surface area contributed by atoms with E-state index in [2.05, 4.69) is 25.1 Å². The number of fused-ring (bicyclic) bond motifs is 1. The second-order valence-electron chi connectivity index (χ2n) is 5.91. The zero-order valence-corrected chi connectivity index (χ0v) is 12.0. The third kappa shape index (κ3) is 3.36. The molecule has 2 N–H and O–H groups in total. The molecule has 0 spiro atoms. The second kappa shape index (κ2) is 6.21. The Kier molecular flexibility index (Phi) is 4.61. The van der Waals surface area contributed by atoms with Gasteiger partial charge in [0.15, 0.2) is 0 Å². The lowest BCUT2D eigenvalue weighted by atomic mass is 10.0. The number of benzene rings is 1. The van der Waals surface area contributed by atoms with Gasteiger partial charge in [-0.05, 0) is 61.6 Å². The summed E-state index contributed by atoms with van der Waals surface area (Å²) in [6.07, 6.45) is 5.32. The van der Waals surface area contributed by atoms with Gasteiger partial charge < -0.3 is 5.73 Å². The van der Waals surface area contributed by atoms with Crippen LogP contribution in [0.1, 0.15) is 56.6 Å². The highest BCUT2D eigenvalue weighted by molar-refractivity contribution is 5.38. The number of nitriles is 1. The SMILES string of the molecule is CCC(C)N.N#Cc1cccc(C2C3CCCC32)c1. The Morgan fingerprint density at radius 3 is 2.53 bits per heavy atom. The Balaban J connectivity index is 0.000000232. The number of nitrogens with two attached hydrogens (primary N) is 1. The lowest BCUT2D eigenvalue weighted by molar-refractivity contribution is 0.682. The number of hydrogen-bond acceptors (Lipinski definition) is 2. The molecule has 1 aromatic rings. The maximum absolute atomic E-state index is 8.82. The van der Waals surface area contributed by atoms with Crippen LogP contribution in [0, 0.1) is 23.2 Å². The van der Waals surface area contributed by atoms with E-state index in [1.54, 1.807) is 0 Å². The number of hydrogen-bond donors (Lipinski definition) is 1. The van der Waals surface area contributed by atoms with Gasteiger partial charge in [0.25, 0.3) is 0 Å². The molecule has 3 unspecified atom stereocenters. The molecular formula is C17H24N2. The average molecular weight is 256 g/mol. The predicted molar refractivity (Wildman–Crippen MR) is 78.7 cm³/mol. The van der Waals surface area contributed by atoms with Crippen molar-refractivity contribution >= 4 is 0 Å². The minimum Gasteiger partial charge on any atom is -0.328 e. The summed E-state index contributed by atoms with van der Waals surface area (Å²) in [6, 6.07) is 10.8. The Labute approximate surface area is 116 Å². The van der Waals surface area contributed by atoms with Crippen LogP contribution in [0.3, 0.4) is 0 Å². The van der Waals surface area contributed by atoms with Crippen molar-refractivity contribution in [2.45, 2.75) is 51.5 Å². The molecule has 19 heavy (non-hydrogen) atoms. The first kappa shape index (κ1) is 14.1. The summed E-state index contributed by atoms with van der Waals surface area (Å²) in [4.78, 5) is 0.